The highest BCUT2D eigenvalue weighted by molar-refractivity contribution is 5.89. The van der Waals surface area contributed by atoms with Crippen molar-refractivity contribution in [3.63, 3.8) is 0 Å². The number of anilines is 1. The molecule has 4 rings (SSSR count). The van der Waals surface area contributed by atoms with E-state index in [4.69, 9.17) is 5.73 Å². The lowest BCUT2D eigenvalue weighted by Gasteiger charge is -2.34. The zero-order valence-corrected chi connectivity index (χ0v) is 18.8. The second kappa shape index (κ2) is 9.37. The van der Waals surface area contributed by atoms with Crippen molar-refractivity contribution in [3.05, 3.63) is 86.1 Å². The summed E-state index contributed by atoms with van der Waals surface area (Å²) in [7, 11) is 1.43. The van der Waals surface area contributed by atoms with Crippen molar-refractivity contribution in [2.24, 2.45) is 12.8 Å². The van der Waals surface area contributed by atoms with E-state index in [0.717, 1.165) is 17.4 Å². The third-order valence-corrected chi connectivity index (χ3v) is 6.16. The smallest absolute Gasteiger partial charge is 0.335 e. The van der Waals surface area contributed by atoms with Crippen molar-refractivity contribution in [1.29, 1.82) is 5.26 Å². The van der Waals surface area contributed by atoms with E-state index in [1.807, 2.05) is 4.90 Å². The molecule has 1 saturated heterocycles. The van der Waals surface area contributed by atoms with Crippen LogP contribution in [0.1, 0.15) is 34.3 Å². The molecule has 3 N–H and O–H groups in total. The van der Waals surface area contributed by atoms with Crippen LogP contribution < -0.4 is 21.9 Å². The molecule has 0 spiro atoms. The van der Waals surface area contributed by atoms with Crippen molar-refractivity contribution >= 4 is 11.8 Å². The Balaban J connectivity index is 1.76. The number of nitriles is 1. The zero-order valence-electron chi connectivity index (χ0n) is 18.8. The van der Waals surface area contributed by atoms with Gasteiger partial charge >= 0.3 is 11.7 Å². The van der Waals surface area contributed by atoms with Gasteiger partial charge in [0.2, 0.25) is 0 Å². The summed E-state index contributed by atoms with van der Waals surface area (Å²) >= 11 is 0. The number of aromatic carboxylic acids is 1. The van der Waals surface area contributed by atoms with Crippen LogP contribution in [0.3, 0.4) is 0 Å². The highest BCUT2D eigenvalue weighted by Gasteiger charge is 2.22. The quantitative estimate of drug-likeness (QED) is 0.594. The third kappa shape index (κ3) is 4.49. The van der Waals surface area contributed by atoms with Crippen molar-refractivity contribution in [2.45, 2.75) is 25.4 Å². The van der Waals surface area contributed by atoms with Crippen LogP contribution in [0.2, 0.25) is 0 Å². The van der Waals surface area contributed by atoms with E-state index < -0.39 is 17.2 Å². The Morgan fingerprint density at radius 3 is 2.65 bits per heavy atom. The van der Waals surface area contributed by atoms with Crippen LogP contribution in [0.25, 0.3) is 11.1 Å². The predicted molar refractivity (Wildman–Crippen MR) is 128 cm³/mol. The Hall–Kier alpha value is -4.16. The summed E-state index contributed by atoms with van der Waals surface area (Å²) in [5, 5.41) is 19.1. The molecule has 0 bridgehead atoms. The molecule has 9 nitrogen and oxygen atoms in total. The fourth-order valence-electron chi connectivity index (χ4n) is 4.29. The lowest BCUT2D eigenvalue weighted by molar-refractivity contribution is 0.0697. The first kappa shape index (κ1) is 23.0. The normalized spacial score (nSPS) is 15.7. The summed E-state index contributed by atoms with van der Waals surface area (Å²) in [5.41, 5.74) is 7.75. The molecule has 0 saturated carbocycles. The lowest BCUT2D eigenvalue weighted by atomic mass is 9.98. The number of piperidine rings is 1. The molecule has 1 aliphatic heterocycles. The third-order valence-electron chi connectivity index (χ3n) is 6.16. The first-order chi connectivity index (χ1) is 16.3. The van der Waals surface area contributed by atoms with Gasteiger partial charge in [-0.05, 0) is 47.7 Å². The Bertz CT molecular complexity index is 1420. The van der Waals surface area contributed by atoms with Gasteiger partial charge in [-0.1, -0.05) is 24.3 Å². The standard InChI is InChI=1S/C25H25N5O4/c1-28-23(31)12-22(29-9-3-6-21(27)15-29)30(25(28)34)14-19-8-7-17(11-20(19)13-26)16-4-2-5-18(10-16)24(32)33/h2,4-5,7-8,10-12,21H,3,6,9,14-15,27H2,1H3,(H,32,33)/t21-/m1/s1. The minimum atomic E-state index is -1.03. The molecular weight excluding hydrogens is 434 g/mol. The fourth-order valence-corrected chi connectivity index (χ4v) is 4.29. The number of hydrogen-bond donors (Lipinski definition) is 2. The maximum absolute atomic E-state index is 13.1. The van der Waals surface area contributed by atoms with Crippen molar-refractivity contribution in [1.82, 2.24) is 9.13 Å². The van der Waals surface area contributed by atoms with E-state index in [1.54, 1.807) is 36.4 Å². The monoisotopic (exact) mass is 459 g/mol. The molecule has 0 amide bonds. The van der Waals surface area contributed by atoms with Crippen LogP contribution in [-0.2, 0) is 13.6 Å². The molecule has 1 aromatic heterocycles. The number of carboxylic acid groups (broad SMARTS) is 1. The molecule has 9 heteroatoms. The van der Waals surface area contributed by atoms with Crippen LogP contribution in [0.4, 0.5) is 5.82 Å². The van der Waals surface area contributed by atoms with Gasteiger partial charge in [0.25, 0.3) is 5.56 Å². The molecule has 0 radical (unpaired) electrons. The van der Waals surface area contributed by atoms with Gasteiger partial charge in [0.15, 0.2) is 0 Å². The maximum atomic E-state index is 13.1. The van der Waals surface area contributed by atoms with Crippen LogP contribution in [0.15, 0.2) is 58.1 Å². The van der Waals surface area contributed by atoms with Gasteiger partial charge in [0.05, 0.1) is 23.7 Å². The molecule has 1 fully saturated rings. The van der Waals surface area contributed by atoms with E-state index in [0.29, 0.717) is 41.2 Å². The van der Waals surface area contributed by atoms with Gasteiger partial charge in [-0.15, -0.1) is 0 Å². The Kier molecular flexibility index (Phi) is 6.34. The van der Waals surface area contributed by atoms with Gasteiger partial charge in [-0.25, -0.2) is 9.59 Å². The van der Waals surface area contributed by atoms with E-state index in [2.05, 4.69) is 6.07 Å². The van der Waals surface area contributed by atoms with E-state index >= 15 is 0 Å². The van der Waals surface area contributed by atoms with Gasteiger partial charge in [0, 0.05) is 32.2 Å². The molecule has 174 valence electrons. The topological polar surface area (TPSA) is 134 Å². The fraction of sp³-hybridized carbons (Fsp3) is 0.280. The van der Waals surface area contributed by atoms with Crippen molar-refractivity contribution in [3.8, 4) is 17.2 Å². The molecule has 34 heavy (non-hydrogen) atoms. The number of aromatic nitrogens is 2. The van der Waals surface area contributed by atoms with Gasteiger partial charge in [-0.2, -0.15) is 5.26 Å². The lowest BCUT2D eigenvalue weighted by Crippen LogP contribution is -2.47. The summed E-state index contributed by atoms with van der Waals surface area (Å²) in [6.45, 7) is 1.33. The summed E-state index contributed by atoms with van der Waals surface area (Å²) in [6.07, 6.45) is 1.74. The number of nitrogens with zero attached hydrogens (tertiary/aromatic N) is 4. The molecule has 0 aliphatic carbocycles. The Morgan fingerprint density at radius 2 is 1.94 bits per heavy atom. The minimum absolute atomic E-state index is 0.0446. The molecule has 3 aromatic rings. The van der Waals surface area contributed by atoms with E-state index in [1.165, 1.54) is 23.7 Å². The summed E-state index contributed by atoms with van der Waals surface area (Å²) < 4.78 is 2.55. The first-order valence-electron chi connectivity index (χ1n) is 11.0. The summed E-state index contributed by atoms with van der Waals surface area (Å²) in [4.78, 5) is 38.7. The van der Waals surface area contributed by atoms with E-state index in [-0.39, 0.29) is 18.2 Å². The maximum Gasteiger partial charge on any atom is 0.335 e. The number of nitrogens with two attached hydrogens (primary N) is 1. The molecule has 1 atom stereocenters. The molecule has 1 aliphatic rings. The highest BCUT2D eigenvalue weighted by Crippen LogP contribution is 2.25. The molecule has 2 heterocycles. The number of carbonyl (C=O) groups is 1. The number of benzene rings is 2. The Morgan fingerprint density at radius 1 is 1.18 bits per heavy atom. The van der Waals surface area contributed by atoms with Crippen LogP contribution in [-0.4, -0.2) is 39.3 Å². The summed E-state index contributed by atoms with van der Waals surface area (Å²) in [5.74, 6) is -0.539. The molecular formula is C25H25N5O4. The average molecular weight is 460 g/mol. The highest BCUT2D eigenvalue weighted by atomic mass is 16.4. The SMILES string of the molecule is Cn1c(=O)cc(N2CCC[C@@H](N)C2)n(Cc2ccc(-c3cccc(C(=O)O)c3)cc2C#N)c1=O. The minimum Gasteiger partial charge on any atom is -0.478 e. The van der Waals surface area contributed by atoms with Crippen LogP contribution >= 0.6 is 0 Å². The van der Waals surface area contributed by atoms with Crippen molar-refractivity contribution in [2.75, 3.05) is 18.0 Å². The van der Waals surface area contributed by atoms with Gasteiger partial charge < -0.3 is 15.7 Å². The summed E-state index contributed by atoms with van der Waals surface area (Å²) in [6, 6.07) is 15.3. The van der Waals surface area contributed by atoms with Crippen LogP contribution in [0, 0.1) is 11.3 Å². The average Bonchev–Trinajstić information content (AvgIpc) is 2.84. The largest absolute Gasteiger partial charge is 0.478 e. The Labute approximate surface area is 195 Å². The molecule has 0 unspecified atom stereocenters. The number of rotatable bonds is 5. The van der Waals surface area contributed by atoms with Crippen molar-refractivity contribution < 1.29 is 9.90 Å². The predicted octanol–water partition coefficient (Wildman–Crippen LogP) is 1.76. The number of carboxylic acids is 1. The van der Waals surface area contributed by atoms with Gasteiger partial charge in [0.1, 0.15) is 5.82 Å². The number of hydrogen-bond acceptors (Lipinski definition) is 6. The second-order valence-electron chi connectivity index (χ2n) is 8.49. The van der Waals surface area contributed by atoms with Crippen LogP contribution in [0.5, 0.6) is 0 Å². The first-order valence-corrected chi connectivity index (χ1v) is 11.0. The second-order valence-corrected chi connectivity index (χ2v) is 8.49. The molecule has 2 aromatic carbocycles. The zero-order chi connectivity index (χ0) is 24.4. The van der Waals surface area contributed by atoms with E-state index in [9.17, 15) is 24.8 Å². The van der Waals surface area contributed by atoms with Gasteiger partial charge in [-0.3, -0.25) is 13.9 Å².